The fourth-order valence-corrected chi connectivity index (χ4v) is 2.83. The molecule has 0 aliphatic rings. The van der Waals surface area contributed by atoms with Crippen molar-refractivity contribution in [3.63, 3.8) is 0 Å². The zero-order valence-electron chi connectivity index (χ0n) is 15.4. The van der Waals surface area contributed by atoms with Crippen LogP contribution in [-0.2, 0) is 9.36 Å². The normalized spacial score (nSPS) is 12.1. The molecule has 1 rings (SSSR count). The molecule has 146 valence electrons. The minimum Gasteiger partial charge on any atom is -0.481 e. The predicted molar refractivity (Wildman–Crippen MR) is 104 cm³/mol. The lowest BCUT2D eigenvalue weighted by Crippen LogP contribution is -2.04. The van der Waals surface area contributed by atoms with Crippen molar-refractivity contribution in [2.24, 2.45) is 10.8 Å². The second-order valence-corrected chi connectivity index (χ2v) is 7.01. The van der Waals surface area contributed by atoms with Gasteiger partial charge in [0.2, 0.25) is 8.03 Å². The quantitative estimate of drug-likeness (QED) is 0.241. The first-order valence-electron chi connectivity index (χ1n) is 8.75. The van der Waals surface area contributed by atoms with Crippen molar-refractivity contribution in [1.82, 2.24) is 0 Å². The van der Waals surface area contributed by atoms with E-state index in [-0.39, 0.29) is 12.6 Å². The molecule has 0 aromatic heterocycles. The number of rotatable bonds is 11. The van der Waals surface area contributed by atoms with Crippen molar-refractivity contribution in [2.45, 2.75) is 52.0 Å². The van der Waals surface area contributed by atoms with Gasteiger partial charge in [-0.25, -0.2) is 0 Å². The molecule has 0 amide bonds. The van der Waals surface area contributed by atoms with E-state index in [0.29, 0.717) is 30.7 Å². The van der Waals surface area contributed by atoms with Crippen molar-refractivity contribution < 1.29 is 19.0 Å². The molecular weight excluding hydrogens is 355 g/mol. The van der Waals surface area contributed by atoms with Crippen LogP contribution >= 0.6 is 8.03 Å². The molecule has 3 N–H and O–H groups in total. The lowest BCUT2D eigenvalue weighted by molar-refractivity contribution is -0.136. The highest BCUT2D eigenvalue weighted by atomic mass is 31.1. The van der Waals surface area contributed by atoms with Gasteiger partial charge in [0.15, 0.2) is 0 Å². The van der Waals surface area contributed by atoms with Crippen LogP contribution in [0.2, 0.25) is 0 Å². The molecule has 0 aliphatic carbocycles. The van der Waals surface area contributed by atoms with Gasteiger partial charge in [0, 0.05) is 16.6 Å². The van der Waals surface area contributed by atoms with E-state index >= 15 is 0 Å². The maximum Gasteiger partial charge on any atom is 0.303 e. The predicted octanol–water partition coefficient (Wildman–Crippen LogP) is 4.91. The van der Waals surface area contributed by atoms with Gasteiger partial charge in [0.1, 0.15) is 5.75 Å². The van der Waals surface area contributed by atoms with Crippen LogP contribution in [0.1, 0.15) is 57.6 Å². The molecule has 8 nitrogen and oxygen atoms in total. The first-order valence-corrected chi connectivity index (χ1v) is 10.3. The number of carbonyl (C=O) groups is 1. The van der Waals surface area contributed by atoms with Crippen LogP contribution < -0.4 is 10.3 Å². The highest BCUT2D eigenvalue weighted by molar-refractivity contribution is 7.39. The smallest absolute Gasteiger partial charge is 0.303 e. The van der Waals surface area contributed by atoms with E-state index < -0.39 is 20.0 Å². The van der Waals surface area contributed by atoms with Gasteiger partial charge in [-0.1, -0.05) is 50.0 Å². The highest BCUT2D eigenvalue weighted by Gasteiger charge is 2.16. The van der Waals surface area contributed by atoms with Crippen LogP contribution in [0.4, 0.5) is 0 Å². The van der Waals surface area contributed by atoms with Crippen LogP contribution in [-0.4, -0.2) is 23.8 Å². The summed E-state index contributed by atoms with van der Waals surface area (Å²) >= 11 is 0. The van der Waals surface area contributed by atoms with Gasteiger partial charge in [0.05, 0.1) is 12.5 Å². The topological polar surface area (TPSA) is 138 Å². The minimum absolute atomic E-state index is 0.0384. The van der Waals surface area contributed by atoms with Crippen molar-refractivity contribution in [3.05, 3.63) is 40.3 Å². The number of hydrogen-bond donors (Lipinski definition) is 2. The van der Waals surface area contributed by atoms with Gasteiger partial charge in [-0.3, -0.25) is 9.36 Å². The van der Waals surface area contributed by atoms with Crippen molar-refractivity contribution >= 4 is 14.0 Å². The number of hydrogen-bond acceptors (Lipinski definition) is 5. The summed E-state index contributed by atoms with van der Waals surface area (Å²) in [5.41, 5.74) is 14.8. The highest BCUT2D eigenvalue weighted by Crippen LogP contribution is 2.36. The van der Waals surface area contributed by atoms with E-state index in [1.54, 1.807) is 24.3 Å². The Kier molecular flexibility index (Phi) is 14.1. The van der Waals surface area contributed by atoms with Crippen LogP contribution in [0.3, 0.4) is 0 Å². The Balaban J connectivity index is 0.00000141. The Bertz CT molecular complexity index is 604. The Morgan fingerprint density at radius 1 is 1.38 bits per heavy atom. The van der Waals surface area contributed by atoms with Crippen molar-refractivity contribution in [1.29, 1.82) is 0 Å². The average Bonchev–Trinajstić information content (AvgIpc) is 2.64. The molecule has 1 aromatic rings. The summed E-state index contributed by atoms with van der Waals surface area (Å²) in [6.07, 6.45) is 3.61. The summed E-state index contributed by atoms with van der Waals surface area (Å²) in [6.45, 7) is 4.83. The zero-order valence-corrected chi connectivity index (χ0v) is 16.4. The molecule has 0 saturated carbocycles. The Morgan fingerprint density at radius 3 is 2.58 bits per heavy atom. The number of aliphatic carboxylic acids is 1. The lowest BCUT2D eigenvalue weighted by atomic mass is 10.0. The first kappa shape index (κ1) is 24.0. The number of unbranched alkanes of at least 4 members (excludes halogenated alkanes) is 1. The molecular formula is C17H29N4O4P. The number of para-hydroxylation sites is 1. The van der Waals surface area contributed by atoms with Gasteiger partial charge in [-0.2, -0.15) is 0 Å². The fourth-order valence-electron chi connectivity index (χ4n) is 1.88. The number of carboxylic acids is 1. The zero-order chi connectivity index (χ0) is 19.8. The molecule has 0 radical (unpaired) electrons. The fraction of sp³-hybridized carbons (Fsp3) is 0.588. The number of carboxylic acid groups (broad SMARTS) is 1. The number of benzene rings is 1. The summed E-state index contributed by atoms with van der Waals surface area (Å²) < 4.78 is 17.2. The average molecular weight is 384 g/mol. The van der Waals surface area contributed by atoms with E-state index in [0.717, 1.165) is 0 Å². The minimum atomic E-state index is -2.52. The standard InChI is InChI=1S/C13H19N4O4P.C4H10/c14-8-3-5-11(16-17-15)10-4-1-2-6-12(10)21-22(20)9-7-13(18)19;1-3-4-2/h1-2,4,6,11,22H,3,5,7-9,14H2,(H,18,19);3-4H2,1-2H3. The third kappa shape index (κ3) is 10.8. The molecule has 9 heteroatoms. The molecule has 0 fully saturated rings. The molecule has 0 spiro atoms. The molecule has 0 bridgehead atoms. The van der Waals surface area contributed by atoms with E-state index in [1.807, 2.05) is 0 Å². The molecule has 0 saturated heterocycles. The second kappa shape index (κ2) is 15.3. The molecule has 0 heterocycles. The van der Waals surface area contributed by atoms with Crippen LogP contribution in [0.15, 0.2) is 29.4 Å². The van der Waals surface area contributed by atoms with E-state index in [2.05, 4.69) is 23.9 Å². The van der Waals surface area contributed by atoms with E-state index in [9.17, 15) is 9.36 Å². The maximum atomic E-state index is 11.8. The molecule has 26 heavy (non-hydrogen) atoms. The van der Waals surface area contributed by atoms with E-state index in [1.165, 1.54) is 12.8 Å². The van der Waals surface area contributed by atoms with Gasteiger partial charge in [-0.05, 0) is 31.0 Å². The van der Waals surface area contributed by atoms with Crippen LogP contribution in [0.25, 0.3) is 10.4 Å². The van der Waals surface area contributed by atoms with Crippen LogP contribution in [0.5, 0.6) is 5.75 Å². The molecule has 2 unspecified atom stereocenters. The van der Waals surface area contributed by atoms with Gasteiger partial charge in [0.25, 0.3) is 0 Å². The Hall–Kier alpha value is -2.01. The van der Waals surface area contributed by atoms with Gasteiger partial charge < -0.3 is 15.4 Å². The molecule has 2 atom stereocenters. The number of nitrogens with zero attached hydrogens (tertiary/aromatic N) is 3. The molecule has 1 aromatic carbocycles. The molecule has 0 aliphatic heterocycles. The number of nitrogens with two attached hydrogens (primary N) is 1. The second-order valence-electron chi connectivity index (χ2n) is 5.56. The summed E-state index contributed by atoms with van der Waals surface area (Å²) in [4.78, 5) is 13.3. The van der Waals surface area contributed by atoms with Crippen molar-refractivity contribution in [2.75, 3.05) is 12.7 Å². The summed E-state index contributed by atoms with van der Waals surface area (Å²) in [5, 5.41) is 12.3. The Morgan fingerprint density at radius 2 is 2.04 bits per heavy atom. The monoisotopic (exact) mass is 384 g/mol. The van der Waals surface area contributed by atoms with Crippen LogP contribution in [0, 0.1) is 0 Å². The SMILES string of the molecule is CCCC.[N-]=[N+]=NC(CCCN)c1ccccc1O[PH](=O)CCC(=O)O. The van der Waals surface area contributed by atoms with Gasteiger partial charge >= 0.3 is 5.97 Å². The summed E-state index contributed by atoms with van der Waals surface area (Å²) in [6, 6.07) is 6.37. The third-order valence-corrected chi connectivity index (χ3v) is 4.52. The third-order valence-electron chi connectivity index (χ3n) is 3.42. The van der Waals surface area contributed by atoms with Gasteiger partial charge in [-0.15, -0.1) is 0 Å². The summed E-state index contributed by atoms with van der Waals surface area (Å²) in [5.74, 6) is -0.670. The Labute approximate surface area is 155 Å². The summed E-state index contributed by atoms with van der Waals surface area (Å²) in [7, 11) is -2.52. The van der Waals surface area contributed by atoms with Crippen molar-refractivity contribution in [3.8, 4) is 5.75 Å². The first-order chi connectivity index (χ1) is 12.5. The van der Waals surface area contributed by atoms with E-state index in [4.69, 9.17) is 20.9 Å². The lowest BCUT2D eigenvalue weighted by Gasteiger charge is -2.16. The maximum absolute atomic E-state index is 11.8. The number of azide groups is 1. The largest absolute Gasteiger partial charge is 0.481 e.